The van der Waals surface area contributed by atoms with Gasteiger partial charge in [0, 0.05) is 6.20 Å². The average Bonchev–Trinajstić information content (AvgIpc) is 2.50. The Morgan fingerprint density at radius 1 is 1.71 bits per heavy atom. The summed E-state index contributed by atoms with van der Waals surface area (Å²) >= 11 is 0. The molecule has 1 heterocycles. The first-order valence-electron chi connectivity index (χ1n) is 4.06. The van der Waals surface area contributed by atoms with Gasteiger partial charge in [-0.15, -0.1) is 0 Å². The van der Waals surface area contributed by atoms with Crippen LogP contribution in [0.2, 0.25) is 0 Å². The summed E-state index contributed by atoms with van der Waals surface area (Å²) in [6.45, 7) is 1.70. The van der Waals surface area contributed by atoms with Crippen LogP contribution in [0.1, 0.15) is 29.7 Å². The fraction of sp³-hybridized carbons (Fsp3) is 0.375. The van der Waals surface area contributed by atoms with E-state index in [2.05, 4.69) is 5.10 Å². The van der Waals surface area contributed by atoms with E-state index in [9.17, 15) is 9.59 Å². The minimum Gasteiger partial charge on any atom is -0.481 e. The first kappa shape index (κ1) is 10.2. The molecular weight excluding hydrogens is 186 g/mol. The highest BCUT2D eigenvalue weighted by Crippen LogP contribution is 2.10. The molecule has 1 atom stereocenters. The molecule has 1 aromatic heterocycles. The standard InChI is InChI=1S/C8H11N3O3/c1-5(2-7(12)13)11-4-6(3-10-11)8(9)14/h3-5H,2H2,1H3,(H2,9,14)(H,12,13). The molecule has 0 saturated heterocycles. The summed E-state index contributed by atoms with van der Waals surface area (Å²) in [4.78, 5) is 21.1. The molecule has 14 heavy (non-hydrogen) atoms. The lowest BCUT2D eigenvalue weighted by atomic mass is 10.2. The first-order chi connectivity index (χ1) is 6.50. The van der Waals surface area contributed by atoms with Crippen molar-refractivity contribution in [3.63, 3.8) is 0 Å². The predicted octanol–water partition coefficient (Wildman–Crippen LogP) is 0.0177. The van der Waals surface area contributed by atoms with Gasteiger partial charge in [-0.1, -0.05) is 0 Å². The number of nitrogens with zero attached hydrogens (tertiary/aromatic N) is 2. The molecule has 0 fully saturated rings. The lowest BCUT2D eigenvalue weighted by Gasteiger charge is -2.07. The van der Waals surface area contributed by atoms with Crippen molar-refractivity contribution >= 4 is 11.9 Å². The van der Waals surface area contributed by atoms with Crippen LogP contribution in [0.4, 0.5) is 0 Å². The van der Waals surface area contributed by atoms with Crippen molar-refractivity contribution in [2.24, 2.45) is 5.73 Å². The van der Waals surface area contributed by atoms with Crippen molar-refractivity contribution in [2.75, 3.05) is 0 Å². The third kappa shape index (κ3) is 2.32. The number of hydrogen-bond donors (Lipinski definition) is 2. The summed E-state index contributed by atoms with van der Waals surface area (Å²) in [7, 11) is 0. The molecule has 3 N–H and O–H groups in total. The molecule has 0 saturated carbocycles. The third-order valence-corrected chi connectivity index (χ3v) is 1.81. The third-order valence-electron chi connectivity index (χ3n) is 1.81. The van der Waals surface area contributed by atoms with Crippen LogP contribution in [-0.2, 0) is 4.79 Å². The monoisotopic (exact) mass is 197 g/mol. The van der Waals surface area contributed by atoms with Gasteiger partial charge in [-0.05, 0) is 6.92 Å². The Morgan fingerprint density at radius 2 is 2.36 bits per heavy atom. The Kier molecular flexibility index (Phi) is 2.85. The van der Waals surface area contributed by atoms with Crippen molar-refractivity contribution in [3.8, 4) is 0 Å². The molecule has 0 radical (unpaired) electrons. The minimum absolute atomic E-state index is 0.0418. The van der Waals surface area contributed by atoms with E-state index < -0.39 is 11.9 Å². The highest BCUT2D eigenvalue weighted by atomic mass is 16.4. The van der Waals surface area contributed by atoms with E-state index >= 15 is 0 Å². The van der Waals surface area contributed by atoms with Gasteiger partial charge in [0.15, 0.2) is 0 Å². The Balaban J connectivity index is 2.76. The maximum atomic E-state index is 10.7. The Morgan fingerprint density at radius 3 is 2.79 bits per heavy atom. The molecule has 0 aliphatic carbocycles. The van der Waals surface area contributed by atoms with Crippen LogP contribution < -0.4 is 5.73 Å². The summed E-state index contributed by atoms with van der Waals surface area (Å²) < 4.78 is 1.41. The summed E-state index contributed by atoms with van der Waals surface area (Å²) in [5.41, 5.74) is 5.30. The van der Waals surface area contributed by atoms with Gasteiger partial charge in [0.2, 0.25) is 0 Å². The molecule has 0 spiro atoms. The van der Waals surface area contributed by atoms with E-state index in [0.29, 0.717) is 0 Å². The zero-order valence-corrected chi connectivity index (χ0v) is 7.67. The van der Waals surface area contributed by atoms with E-state index in [1.807, 2.05) is 0 Å². The van der Waals surface area contributed by atoms with Crippen molar-refractivity contribution in [1.29, 1.82) is 0 Å². The van der Waals surface area contributed by atoms with Crippen LogP contribution in [0.15, 0.2) is 12.4 Å². The van der Waals surface area contributed by atoms with Crippen LogP contribution in [0.25, 0.3) is 0 Å². The van der Waals surface area contributed by atoms with E-state index in [1.165, 1.54) is 17.1 Å². The smallest absolute Gasteiger partial charge is 0.305 e. The molecule has 0 bridgehead atoms. The first-order valence-corrected chi connectivity index (χ1v) is 4.06. The van der Waals surface area contributed by atoms with Crippen LogP contribution in [0.3, 0.4) is 0 Å². The number of aliphatic carboxylic acids is 1. The zero-order valence-electron chi connectivity index (χ0n) is 7.67. The Labute approximate surface area is 80.3 Å². The van der Waals surface area contributed by atoms with Gasteiger partial charge in [0.1, 0.15) is 0 Å². The van der Waals surface area contributed by atoms with Crippen LogP contribution in [-0.4, -0.2) is 26.8 Å². The second-order valence-corrected chi connectivity index (χ2v) is 3.02. The number of rotatable bonds is 4. The number of primary amides is 1. The number of aromatic nitrogens is 2. The van der Waals surface area contributed by atoms with E-state index in [0.717, 1.165) is 0 Å². The number of carboxylic acid groups (broad SMARTS) is 1. The fourth-order valence-electron chi connectivity index (χ4n) is 1.05. The maximum Gasteiger partial charge on any atom is 0.305 e. The Hall–Kier alpha value is -1.85. The molecule has 1 aromatic rings. The maximum absolute atomic E-state index is 10.7. The molecule has 1 rings (SSSR count). The molecule has 76 valence electrons. The fourth-order valence-corrected chi connectivity index (χ4v) is 1.05. The zero-order chi connectivity index (χ0) is 10.7. The van der Waals surface area contributed by atoms with Crippen molar-refractivity contribution < 1.29 is 14.7 Å². The number of carboxylic acids is 1. The van der Waals surface area contributed by atoms with Crippen LogP contribution >= 0.6 is 0 Å². The van der Waals surface area contributed by atoms with Crippen molar-refractivity contribution in [2.45, 2.75) is 19.4 Å². The molecule has 1 amide bonds. The van der Waals surface area contributed by atoms with Crippen molar-refractivity contribution in [1.82, 2.24) is 9.78 Å². The number of hydrogen-bond acceptors (Lipinski definition) is 3. The van der Waals surface area contributed by atoms with Crippen LogP contribution in [0, 0.1) is 0 Å². The molecule has 0 aliphatic heterocycles. The van der Waals surface area contributed by atoms with Crippen LogP contribution in [0.5, 0.6) is 0 Å². The predicted molar refractivity (Wildman–Crippen MR) is 47.7 cm³/mol. The highest BCUT2D eigenvalue weighted by molar-refractivity contribution is 5.92. The van der Waals surface area contributed by atoms with E-state index in [-0.39, 0.29) is 18.0 Å². The van der Waals surface area contributed by atoms with Gasteiger partial charge >= 0.3 is 5.97 Å². The van der Waals surface area contributed by atoms with Gasteiger partial charge in [-0.2, -0.15) is 5.10 Å². The lowest BCUT2D eigenvalue weighted by Crippen LogP contribution is -2.12. The normalized spacial score (nSPS) is 12.4. The number of carbonyl (C=O) groups is 2. The lowest BCUT2D eigenvalue weighted by molar-refractivity contribution is -0.137. The molecule has 1 unspecified atom stereocenters. The second kappa shape index (κ2) is 3.91. The van der Waals surface area contributed by atoms with Gasteiger partial charge < -0.3 is 10.8 Å². The van der Waals surface area contributed by atoms with Crippen molar-refractivity contribution in [3.05, 3.63) is 18.0 Å². The Bertz CT molecular complexity index is 358. The highest BCUT2D eigenvalue weighted by Gasteiger charge is 2.12. The van der Waals surface area contributed by atoms with E-state index in [1.54, 1.807) is 6.92 Å². The van der Waals surface area contributed by atoms with Gasteiger partial charge in [-0.3, -0.25) is 14.3 Å². The summed E-state index contributed by atoms with van der Waals surface area (Å²) in [5, 5.41) is 12.4. The molecular formula is C8H11N3O3. The minimum atomic E-state index is -0.909. The number of carbonyl (C=O) groups excluding carboxylic acids is 1. The molecule has 0 aromatic carbocycles. The topological polar surface area (TPSA) is 98.2 Å². The second-order valence-electron chi connectivity index (χ2n) is 3.02. The molecule has 6 nitrogen and oxygen atoms in total. The summed E-state index contributed by atoms with van der Waals surface area (Å²) in [5.74, 6) is -1.48. The average molecular weight is 197 g/mol. The molecule has 6 heteroatoms. The van der Waals surface area contributed by atoms with Gasteiger partial charge in [0.05, 0.1) is 24.2 Å². The summed E-state index contributed by atoms with van der Waals surface area (Å²) in [6, 6.07) is -0.291. The summed E-state index contributed by atoms with van der Waals surface area (Å²) in [6.07, 6.45) is 2.72. The number of amides is 1. The largest absolute Gasteiger partial charge is 0.481 e. The molecule has 0 aliphatic rings. The van der Waals surface area contributed by atoms with E-state index in [4.69, 9.17) is 10.8 Å². The SMILES string of the molecule is CC(CC(=O)O)n1cc(C(N)=O)cn1. The van der Waals surface area contributed by atoms with Gasteiger partial charge in [-0.25, -0.2) is 0 Å². The number of nitrogens with two attached hydrogens (primary N) is 1. The van der Waals surface area contributed by atoms with Gasteiger partial charge in [0.25, 0.3) is 5.91 Å². The quantitative estimate of drug-likeness (QED) is 0.710.